The first-order chi connectivity index (χ1) is 10.6. The van der Waals surface area contributed by atoms with Gasteiger partial charge in [0.05, 0.1) is 0 Å². The van der Waals surface area contributed by atoms with Crippen LogP contribution in [0.3, 0.4) is 0 Å². The Balaban J connectivity index is 1.76. The van der Waals surface area contributed by atoms with Gasteiger partial charge in [-0.15, -0.1) is 0 Å². The molecule has 1 aromatic heterocycles. The molecular formula is C17H29N3O2. The Bertz CT molecular complexity index is 472. The van der Waals surface area contributed by atoms with Gasteiger partial charge in [0.1, 0.15) is 5.69 Å². The number of ether oxygens (including phenoxy) is 1. The third-order valence-electron chi connectivity index (χ3n) is 4.45. The summed E-state index contributed by atoms with van der Waals surface area (Å²) in [5, 5.41) is 3.20. The minimum atomic E-state index is 0.0362. The fraction of sp³-hybridized carbons (Fsp3) is 0.706. The minimum Gasteiger partial charge on any atom is -0.382 e. The summed E-state index contributed by atoms with van der Waals surface area (Å²) >= 11 is 0. The molecule has 5 nitrogen and oxygen atoms in total. The molecule has 1 amide bonds. The Hall–Kier alpha value is -1.33. The van der Waals surface area contributed by atoms with E-state index < -0.39 is 0 Å². The lowest BCUT2D eigenvalue weighted by atomic mass is 9.93. The summed E-state index contributed by atoms with van der Waals surface area (Å²) in [4.78, 5) is 14.8. The maximum atomic E-state index is 12.3. The van der Waals surface area contributed by atoms with E-state index in [0.717, 1.165) is 51.4 Å². The fourth-order valence-electron chi connectivity index (χ4n) is 3.12. The zero-order chi connectivity index (χ0) is 15.9. The van der Waals surface area contributed by atoms with Crippen LogP contribution in [0.1, 0.15) is 37.2 Å². The van der Waals surface area contributed by atoms with Gasteiger partial charge in [0.15, 0.2) is 0 Å². The molecule has 0 aromatic carbocycles. The van der Waals surface area contributed by atoms with E-state index >= 15 is 0 Å². The molecule has 0 bridgehead atoms. The van der Waals surface area contributed by atoms with Crippen LogP contribution in [0.15, 0.2) is 18.3 Å². The van der Waals surface area contributed by atoms with E-state index in [-0.39, 0.29) is 11.9 Å². The molecule has 1 aliphatic heterocycles. The number of nitrogens with zero attached hydrogens (tertiary/aromatic N) is 2. The zero-order valence-corrected chi connectivity index (χ0v) is 14.0. The molecule has 0 radical (unpaired) electrons. The average Bonchev–Trinajstić information content (AvgIpc) is 2.92. The van der Waals surface area contributed by atoms with Crippen molar-refractivity contribution in [2.24, 2.45) is 13.0 Å². The van der Waals surface area contributed by atoms with E-state index in [2.05, 4.69) is 17.1 Å². The largest absolute Gasteiger partial charge is 0.382 e. The Morgan fingerprint density at radius 1 is 1.50 bits per heavy atom. The van der Waals surface area contributed by atoms with Gasteiger partial charge < -0.3 is 19.5 Å². The van der Waals surface area contributed by atoms with Crippen LogP contribution >= 0.6 is 0 Å². The monoisotopic (exact) mass is 307 g/mol. The first-order valence-corrected chi connectivity index (χ1v) is 8.34. The molecule has 1 aliphatic rings. The number of aromatic nitrogens is 1. The first-order valence-electron chi connectivity index (χ1n) is 8.34. The second kappa shape index (κ2) is 8.34. The minimum absolute atomic E-state index is 0.0362. The number of aryl methyl sites for hydroxylation is 1. The second-order valence-electron chi connectivity index (χ2n) is 6.20. The number of carbonyl (C=O) groups is 1. The predicted molar refractivity (Wildman–Crippen MR) is 88.0 cm³/mol. The standard InChI is InChI=1S/C17H29N3O2/c1-4-22-12-6-10-20-11-8-15(14(2)13-20)18-17(21)16-7-5-9-19(16)3/h5,7,9,14-15H,4,6,8,10-13H2,1-3H3,(H,18,21)/t14-,15+/m0/s1. The van der Waals surface area contributed by atoms with Crippen LogP contribution in [-0.2, 0) is 11.8 Å². The molecule has 22 heavy (non-hydrogen) atoms. The topological polar surface area (TPSA) is 46.5 Å². The van der Waals surface area contributed by atoms with E-state index in [9.17, 15) is 4.79 Å². The number of carbonyl (C=O) groups excluding carboxylic acids is 1. The molecule has 1 aromatic rings. The van der Waals surface area contributed by atoms with Crippen molar-refractivity contribution in [1.29, 1.82) is 0 Å². The average molecular weight is 307 g/mol. The van der Waals surface area contributed by atoms with E-state index in [4.69, 9.17) is 4.74 Å². The Kier molecular flexibility index (Phi) is 6.46. The maximum Gasteiger partial charge on any atom is 0.268 e. The summed E-state index contributed by atoms with van der Waals surface area (Å²) in [5.74, 6) is 0.513. The predicted octanol–water partition coefficient (Wildman–Crippen LogP) is 1.89. The van der Waals surface area contributed by atoms with Gasteiger partial charge >= 0.3 is 0 Å². The molecule has 124 valence electrons. The van der Waals surface area contributed by atoms with Crippen molar-refractivity contribution in [1.82, 2.24) is 14.8 Å². The maximum absolute atomic E-state index is 12.3. The van der Waals surface area contributed by atoms with Gasteiger partial charge in [-0.05, 0) is 37.8 Å². The van der Waals surface area contributed by atoms with Gasteiger partial charge in [-0.1, -0.05) is 6.92 Å². The van der Waals surface area contributed by atoms with Gasteiger partial charge in [0, 0.05) is 52.1 Å². The number of piperidine rings is 1. The number of hydrogen-bond acceptors (Lipinski definition) is 3. The molecule has 5 heteroatoms. The van der Waals surface area contributed by atoms with Crippen LogP contribution in [0, 0.1) is 5.92 Å². The van der Waals surface area contributed by atoms with Crippen molar-refractivity contribution in [3.8, 4) is 0 Å². The van der Waals surface area contributed by atoms with Gasteiger partial charge in [0.25, 0.3) is 5.91 Å². The van der Waals surface area contributed by atoms with Crippen molar-refractivity contribution >= 4 is 5.91 Å². The van der Waals surface area contributed by atoms with Gasteiger partial charge in [-0.25, -0.2) is 0 Å². The van der Waals surface area contributed by atoms with Crippen LogP contribution in [0.4, 0.5) is 0 Å². The van der Waals surface area contributed by atoms with E-state index in [0.29, 0.717) is 5.92 Å². The zero-order valence-electron chi connectivity index (χ0n) is 14.0. The molecule has 2 atom stereocenters. The Morgan fingerprint density at radius 2 is 2.32 bits per heavy atom. The van der Waals surface area contributed by atoms with Crippen LogP contribution < -0.4 is 5.32 Å². The number of hydrogen-bond donors (Lipinski definition) is 1. The smallest absolute Gasteiger partial charge is 0.268 e. The summed E-state index contributed by atoms with van der Waals surface area (Å²) in [5.41, 5.74) is 0.728. The molecule has 1 fully saturated rings. The summed E-state index contributed by atoms with van der Waals surface area (Å²) in [6, 6.07) is 4.04. The molecule has 2 heterocycles. The number of likely N-dealkylation sites (tertiary alicyclic amines) is 1. The third kappa shape index (κ3) is 4.58. The fourth-order valence-corrected chi connectivity index (χ4v) is 3.12. The molecule has 1 N–H and O–H groups in total. The van der Waals surface area contributed by atoms with Crippen molar-refractivity contribution in [3.63, 3.8) is 0 Å². The summed E-state index contributed by atoms with van der Waals surface area (Å²) in [6.45, 7) is 9.08. The van der Waals surface area contributed by atoms with Crippen molar-refractivity contribution in [2.45, 2.75) is 32.7 Å². The van der Waals surface area contributed by atoms with Crippen molar-refractivity contribution in [2.75, 3.05) is 32.8 Å². The molecule has 0 unspecified atom stereocenters. The third-order valence-corrected chi connectivity index (χ3v) is 4.45. The van der Waals surface area contributed by atoms with E-state index in [1.54, 1.807) is 0 Å². The van der Waals surface area contributed by atoms with Crippen LogP contribution in [0.25, 0.3) is 0 Å². The molecule has 0 saturated carbocycles. The molecule has 0 aliphatic carbocycles. The first kappa shape index (κ1) is 17.0. The van der Waals surface area contributed by atoms with E-state index in [1.165, 1.54) is 0 Å². The van der Waals surface area contributed by atoms with Crippen LogP contribution in [-0.4, -0.2) is 54.3 Å². The highest BCUT2D eigenvalue weighted by Crippen LogP contribution is 2.17. The highest BCUT2D eigenvalue weighted by Gasteiger charge is 2.27. The summed E-state index contributed by atoms with van der Waals surface area (Å²) in [7, 11) is 1.90. The molecule has 0 spiro atoms. The SMILES string of the molecule is CCOCCCN1CC[C@@H](NC(=O)c2cccn2C)[C@@H](C)C1. The number of nitrogens with one attached hydrogen (secondary N) is 1. The lowest BCUT2D eigenvalue weighted by Gasteiger charge is -2.37. The van der Waals surface area contributed by atoms with Crippen LogP contribution in [0.5, 0.6) is 0 Å². The molecular weight excluding hydrogens is 278 g/mol. The molecule has 2 rings (SSSR count). The normalized spacial score (nSPS) is 22.7. The quantitative estimate of drug-likeness (QED) is 0.783. The van der Waals surface area contributed by atoms with Gasteiger partial charge in [-0.3, -0.25) is 4.79 Å². The van der Waals surface area contributed by atoms with Gasteiger partial charge in [0.2, 0.25) is 0 Å². The second-order valence-corrected chi connectivity index (χ2v) is 6.20. The highest BCUT2D eigenvalue weighted by molar-refractivity contribution is 5.92. The lowest BCUT2D eigenvalue weighted by Crippen LogP contribution is -2.50. The summed E-state index contributed by atoms with van der Waals surface area (Å²) in [6.07, 6.45) is 4.01. The van der Waals surface area contributed by atoms with Crippen molar-refractivity contribution < 1.29 is 9.53 Å². The Morgan fingerprint density at radius 3 is 2.95 bits per heavy atom. The lowest BCUT2D eigenvalue weighted by molar-refractivity contribution is 0.0836. The Labute approximate surface area is 133 Å². The van der Waals surface area contributed by atoms with Crippen molar-refractivity contribution in [3.05, 3.63) is 24.0 Å². The van der Waals surface area contributed by atoms with Crippen LogP contribution in [0.2, 0.25) is 0 Å². The number of rotatable bonds is 7. The number of amides is 1. The van der Waals surface area contributed by atoms with Gasteiger partial charge in [-0.2, -0.15) is 0 Å². The highest BCUT2D eigenvalue weighted by atomic mass is 16.5. The molecule has 1 saturated heterocycles. The summed E-state index contributed by atoms with van der Waals surface area (Å²) < 4.78 is 7.26. The van der Waals surface area contributed by atoms with E-state index in [1.807, 2.05) is 36.9 Å².